The molecule has 3 heteroatoms. The Morgan fingerprint density at radius 3 is 2.44 bits per heavy atom. The molecular formula is C15H24N2O. The number of ether oxygens (including phenoxy) is 1. The van der Waals surface area contributed by atoms with E-state index in [2.05, 4.69) is 17.6 Å². The van der Waals surface area contributed by atoms with Gasteiger partial charge in [-0.25, -0.2) is 0 Å². The predicted octanol–water partition coefficient (Wildman–Crippen LogP) is 3.17. The molecule has 3 N–H and O–H groups in total. The lowest BCUT2D eigenvalue weighted by molar-refractivity contribution is 0.316. The highest BCUT2D eigenvalue weighted by molar-refractivity contribution is 5.36. The van der Waals surface area contributed by atoms with Crippen molar-refractivity contribution in [3.8, 4) is 5.75 Å². The molecule has 100 valence electrons. The zero-order chi connectivity index (χ0) is 12.8. The molecule has 0 aromatic heterocycles. The number of methoxy groups -OCH3 is 1. The lowest BCUT2D eigenvalue weighted by Gasteiger charge is -2.27. The Morgan fingerprint density at radius 2 is 1.83 bits per heavy atom. The molecule has 0 aliphatic heterocycles. The summed E-state index contributed by atoms with van der Waals surface area (Å²) in [6, 6.07) is 8.39. The van der Waals surface area contributed by atoms with Crippen LogP contribution in [0.4, 0.5) is 0 Å². The molecule has 0 spiro atoms. The molecule has 1 aliphatic carbocycles. The van der Waals surface area contributed by atoms with Gasteiger partial charge in [-0.2, -0.15) is 0 Å². The number of hydrazine groups is 1. The normalized spacial score (nSPS) is 19.2. The van der Waals surface area contributed by atoms with Crippen LogP contribution < -0.4 is 16.0 Å². The Balaban J connectivity index is 2.20. The number of para-hydroxylation sites is 1. The zero-order valence-corrected chi connectivity index (χ0v) is 11.2. The average Bonchev–Trinajstić information content (AvgIpc) is 2.69. The van der Waals surface area contributed by atoms with Gasteiger partial charge in [-0.3, -0.25) is 11.3 Å². The molecule has 0 bridgehead atoms. The zero-order valence-electron chi connectivity index (χ0n) is 11.2. The van der Waals surface area contributed by atoms with Crippen molar-refractivity contribution in [2.45, 2.75) is 44.6 Å². The van der Waals surface area contributed by atoms with Crippen LogP contribution in [0.25, 0.3) is 0 Å². The standard InChI is InChI=1S/C15H24N2O/c1-18-14-11-7-6-10-13(14)15(17-16)12-8-4-2-3-5-9-12/h6-7,10-12,15,17H,2-5,8-9,16H2,1H3. The van der Waals surface area contributed by atoms with Crippen molar-refractivity contribution in [2.75, 3.05) is 7.11 Å². The second-order valence-corrected chi connectivity index (χ2v) is 5.14. The summed E-state index contributed by atoms with van der Waals surface area (Å²) in [4.78, 5) is 0. The molecule has 1 atom stereocenters. The van der Waals surface area contributed by atoms with E-state index in [-0.39, 0.29) is 6.04 Å². The number of hydrogen-bond donors (Lipinski definition) is 2. The molecule has 2 rings (SSSR count). The van der Waals surface area contributed by atoms with Gasteiger partial charge < -0.3 is 4.74 Å². The molecule has 0 radical (unpaired) electrons. The van der Waals surface area contributed by atoms with Crippen LogP contribution >= 0.6 is 0 Å². The first-order chi connectivity index (χ1) is 8.86. The number of rotatable bonds is 4. The molecule has 1 saturated carbocycles. The van der Waals surface area contributed by atoms with E-state index in [4.69, 9.17) is 10.6 Å². The Hall–Kier alpha value is -1.06. The molecule has 3 nitrogen and oxygen atoms in total. The van der Waals surface area contributed by atoms with Gasteiger partial charge in [0.15, 0.2) is 0 Å². The minimum atomic E-state index is 0.208. The molecular weight excluding hydrogens is 224 g/mol. The average molecular weight is 248 g/mol. The van der Waals surface area contributed by atoms with E-state index in [1.54, 1.807) is 7.11 Å². The predicted molar refractivity (Wildman–Crippen MR) is 74.3 cm³/mol. The summed E-state index contributed by atoms with van der Waals surface area (Å²) < 4.78 is 5.45. The molecule has 0 amide bonds. The Labute approximate surface area is 110 Å². The van der Waals surface area contributed by atoms with Crippen molar-refractivity contribution in [1.29, 1.82) is 0 Å². The van der Waals surface area contributed by atoms with Crippen molar-refractivity contribution < 1.29 is 4.74 Å². The van der Waals surface area contributed by atoms with Gasteiger partial charge in [0.2, 0.25) is 0 Å². The minimum Gasteiger partial charge on any atom is -0.496 e. The fourth-order valence-corrected chi connectivity index (χ4v) is 3.05. The van der Waals surface area contributed by atoms with E-state index >= 15 is 0 Å². The van der Waals surface area contributed by atoms with Crippen molar-refractivity contribution >= 4 is 0 Å². The van der Waals surface area contributed by atoms with E-state index < -0.39 is 0 Å². The van der Waals surface area contributed by atoms with Crippen LogP contribution in [0.15, 0.2) is 24.3 Å². The molecule has 1 aromatic carbocycles. The maximum atomic E-state index is 5.80. The molecule has 0 heterocycles. The van der Waals surface area contributed by atoms with Gasteiger partial charge >= 0.3 is 0 Å². The summed E-state index contributed by atoms with van der Waals surface area (Å²) in [5.41, 5.74) is 4.20. The van der Waals surface area contributed by atoms with Gasteiger partial charge in [-0.1, -0.05) is 43.9 Å². The highest BCUT2D eigenvalue weighted by Gasteiger charge is 2.25. The van der Waals surface area contributed by atoms with Crippen LogP contribution in [-0.2, 0) is 0 Å². The quantitative estimate of drug-likeness (QED) is 0.489. The summed E-state index contributed by atoms with van der Waals surface area (Å²) in [6.07, 6.45) is 7.87. The SMILES string of the molecule is COc1ccccc1C(NN)C1CCCCCC1. The summed E-state index contributed by atoms with van der Waals surface area (Å²) in [7, 11) is 1.72. The molecule has 18 heavy (non-hydrogen) atoms. The van der Waals surface area contributed by atoms with Crippen LogP contribution in [0.5, 0.6) is 5.75 Å². The molecule has 1 fully saturated rings. The van der Waals surface area contributed by atoms with Crippen LogP contribution in [0.2, 0.25) is 0 Å². The van der Waals surface area contributed by atoms with Crippen LogP contribution in [0.1, 0.15) is 50.1 Å². The van der Waals surface area contributed by atoms with Crippen LogP contribution in [-0.4, -0.2) is 7.11 Å². The van der Waals surface area contributed by atoms with E-state index in [0.717, 1.165) is 5.75 Å². The van der Waals surface area contributed by atoms with Gasteiger partial charge in [0.05, 0.1) is 13.2 Å². The lowest BCUT2D eigenvalue weighted by atomic mass is 9.87. The molecule has 0 saturated heterocycles. The van der Waals surface area contributed by atoms with Gasteiger partial charge in [0, 0.05) is 5.56 Å². The number of hydrogen-bond acceptors (Lipinski definition) is 3. The third kappa shape index (κ3) is 3.03. The van der Waals surface area contributed by atoms with Crippen molar-refractivity contribution in [3.63, 3.8) is 0 Å². The minimum absolute atomic E-state index is 0.208. The van der Waals surface area contributed by atoms with E-state index in [0.29, 0.717) is 5.92 Å². The third-order valence-electron chi connectivity index (χ3n) is 4.02. The first-order valence-electron chi connectivity index (χ1n) is 6.96. The topological polar surface area (TPSA) is 47.3 Å². The summed E-state index contributed by atoms with van der Waals surface area (Å²) in [5.74, 6) is 7.36. The van der Waals surface area contributed by atoms with Crippen molar-refractivity contribution in [2.24, 2.45) is 11.8 Å². The lowest BCUT2D eigenvalue weighted by Crippen LogP contribution is -2.33. The number of benzene rings is 1. The van der Waals surface area contributed by atoms with Gasteiger partial charge in [-0.05, 0) is 24.8 Å². The molecule has 1 unspecified atom stereocenters. The number of nitrogens with one attached hydrogen (secondary N) is 1. The maximum absolute atomic E-state index is 5.80. The van der Waals surface area contributed by atoms with Crippen LogP contribution in [0, 0.1) is 5.92 Å². The smallest absolute Gasteiger partial charge is 0.123 e. The highest BCUT2D eigenvalue weighted by atomic mass is 16.5. The van der Waals surface area contributed by atoms with E-state index in [1.807, 2.05) is 12.1 Å². The van der Waals surface area contributed by atoms with Gasteiger partial charge in [0.1, 0.15) is 5.75 Å². The van der Waals surface area contributed by atoms with Crippen LogP contribution in [0.3, 0.4) is 0 Å². The third-order valence-corrected chi connectivity index (χ3v) is 4.02. The fraction of sp³-hybridized carbons (Fsp3) is 0.600. The Bertz CT molecular complexity index is 359. The van der Waals surface area contributed by atoms with E-state index in [1.165, 1.54) is 44.1 Å². The monoisotopic (exact) mass is 248 g/mol. The summed E-state index contributed by atoms with van der Waals surface area (Å²) >= 11 is 0. The number of nitrogens with two attached hydrogens (primary N) is 1. The summed E-state index contributed by atoms with van der Waals surface area (Å²) in [5, 5.41) is 0. The largest absolute Gasteiger partial charge is 0.496 e. The van der Waals surface area contributed by atoms with Crippen molar-refractivity contribution in [1.82, 2.24) is 5.43 Å². The van der Waals surface area contributed by atoms with Gasteiger partial charge in [0.25, 0.3) is 0 Å². The fourth-order valence-electron chi connectivity index (χ4n) is 3.05. The molecule has 1 aliphatic rings. The Morgan fingerprint density at radius 1 is 1.17 bits per heavy atom. The molecule has 1 aromatic rings. The highest BCUT2D eigenvalue weighted by Crippen LogP contribution is 2.36. The first-order valence-corrected chi connectivity index (χ1v) is 6.96. The second kappa shape index (κ2) is 6.76. The van der Waals surface area contributed by atoms with Gasteiger partial charge in [-0.15, -0.1) is 0 Å². The second-order valence-electron chi connectivity index (χ2n) is 5.14. The first kappa shape index (κ1) is 13.4. The maximum Gasteiger partial charge on any atom is 0.123 e. The van der Waals surface area contributed by atoms with Crippen molar-refractivity contribution in [3.05, 3.63) is 29.8 Å². The Kier molecular flexibility index (Phi) is 5.02. The van der Waals surface area contributed by atoms with E-state index in [9.17, 15) is 0 Å². The summed E-state index contributed by atoms with van der Waals surface area (Å²) in [6.45, 7) is 0.